The summed E-state index contributed by atoms with van der Waals surface area (Å²) in [5, 5.41) is 2.94. The number of hydrogen-bond donors (Lipinski definition) is 2. The highest BCUT2D eigenvalue weighted by molar-refractivity contribution is 6.31. The van der Waals surface area contributed by atoms with Crippen molar-refractivity contribution < 1.29 is 9.13 Å². The van der Waals surface area contributed by atoms with E-state index in [2.05, 4.69) is 15.3 Å². The SMILES string of the molecule is Cc1cnc(OC/C(N)=C/Nc2ccc(F)c(Cl)c2)nc1. The molecule has 0 saturated heterocycles. The van der Waals surface area contributed by atoms with E-state index in [0.29, 0.717) is 11.4 Å². The van der Waals surface area contributed by atoms with Gasteiger partial charge in [-0.25, -0.2) is 14.4 Å². The van der Waals surface area contributed by atoms with Crippen LogP contribution in [0.2, 0.25) is 5.02 Å². The second-order valence-corrected chi connectivity index (χ2v) is 4.73. The van der Waals surface area contributed by atoms with Gasteiger partial charge in [-0.2, -0.15) is 0 Å². The Balaban J connectivity index is 1.89. The normalized spacial score (nSPS) is 11.3. The fourth-order valence-corrected chi connectivity index (χ4v) is 1.59. The molecule has 0 unspecified atom stereocenters. The highest BCUT2D eigenvalue weighted by atomic mass is 35.5. The molecule has 0 radical (unpaired) electrons. The van der Waals surface area contributed by atoms with Crippen LogP contribution in [0.5, 0.6) is 6.01 Å². The summed E-state index contributed by atoms with van der Waals surface area (Å²) in [4.78, 5) is 7.99. The van der Waals surface area contributed by atoms with E-state index >= 15 is 0 Å². The standard InChI is InChI=1S/C14H14ClFN4O/c1-9-5-19-14(20-6-9)21-8-10(17)7-18-11-2-3-13(16)12(15)4-11/h2-7,18H,8,17H2,1H3/b10-7-. The second kappa shape index (κ2) is 6.90. The average molecular weight is 309 g/mol. The van der Waals surface area contributed by atoms with E-state index < -0.39 is 5.82 Å². The van der Waals surface area contributed by atoms with Crippen LogP contribution in [-0.2, 0) is 0 Å². The van der Waals surface area contributed by atoms with E-state index in [1.54, 1.807) is 18.5 Å². The molecule has 0 fully saturated rings. The lowest BCUT2D eigenvalue weighted by atomic mass is 10.3. The molecule has 0 aliphatic heterocycles. The highest BCUT2D eigenvalue weighted by Gasteiger charge is 2.01. The minimum Gasteiger partial charge on any atom is -0.457 e. The molecule has 2 aromatic rings. The largest absolute Gasteiger partial charge is 0.457 e. The Morgan fingerprint density at radius 1 is 1.43 bits per heavy atom. The molecule has 0 saturated carbocycles. The molecule has 2 rings (SSSR count). The van der Waals surface area contributed by atoms with Crippen molar-refractivity contribution in [2.45, 2.75) is 6.92 Å². The summed E-state index contributed by atoms with van der Waals surface area (Å²) in [5.74, 6) is -0.473. The summed E-state index contributed by atoms with van der Waals surface area (Å²) in [6, 6.07) is 4.53. The van der Waals surface area contributed by atoms with E-state index in [1.807, 2.05) is 6.92 Å². The van der Waals surface area contributed by atoms with Gasteiger partial charge in [-0.15, -0.1) is 0 Å². The molecule has 7 heteroatoms. The predicted octanol–water partition coefficient (Wildman–Crippen LogP) is 2.87. The lowest BCUT2D eigenvalue weighted by Gasteiger charge is -2.06. The summed E-state index contributed by atoms with van der Waals surface area (Å²) in [6.45, 7) is 2.01. The number of nitrogens with zero attached hydrogens (tertiary/aromatic N) is 2. The fourth-order valence-electron chi connectivity index (χ4n) is 1.41. The van der Waals surface area contributed by atoms with Crippen LogP contribution in [0.15, 0.2) is 42.5 Å². The zero-order valence-corrected chi connectivity index (χ0v) is 12.1. The van der Waals surface area contributed by atoms with Gasteiger partial charge in [0.05, 0.1) is 10.7 Å². The molecule has 21 heavy (non-hydrogen) atoms. The van der Waals surface area contributed by atoms with Gasteiger partial charge >= 0.3 is 6.01 Å². The van der Waals surface area contributed by atoms with Gasteiger partial charge in [-0.3, -0.25) is 0 Å². The smallest absolute Gasteiger partial charge is 0.316 e. The first kappa shape index (κ1) is 15.1. The second-order valence-electron chi connectivity index (χ2n) is 4.32. The maximum Gasteiger partial charge on any atom is 0.316 e. The topological polar surface area (TPSA) is 73.1 Å². The van der Waals surface area contributed by atoms with Gasteiger partial charge in [0.15, 0.2) is 0 Å². The van der Waals surface area contributed by atoms with Crippen molar-refractivity contribution in [3.8, 4) is 6.01 Å². The molecule has 0 atom stereocenters. The molecule has 0 bridgehead atoms. The molecule has 0 amide bonds. The Hall–Kier alpha value is -2.34. The number of benzene rings is 1. The number of nitrogens with one attached hydrogen (secondary N) is 1. The van der Waals surface area contributed by atoms with Gasteiger partial charge in [-0.05, 0) is 30.7 Å². The molecule has 0 aliphatic rings. The van der Waals surface area contributed by atoms with Crippen LogP contribution in [0.3, 0.4) is 0 Å². The Morgan fingerprint density at radius 2 is 2.14 bits per heavy atom. The van der Waals surface area contributed by atoms with Crippen LogP contribution in [0, 0.1) is 12.7 Å². The van der Waals surface area contributed by atoms with Crippen LogP contribution in [0.4, 0.5) is 10.1 Å². The zero-order valence-electron chi connectivity index (χ0n) is 11.3. The number of rotatable bonds is 5. The van der Waals surface area contributed by atoms with E-state index in [9.17, 15) is 4.39 Å². The lowest BCUT2D eigenvalue weighted by Crippen LogP contribution is -2.12. The van der Waals surface area contributed by atoms with Gasteiger partial charge < -0.3 is 15.8 Å². The molecule has 5 nitrogen and oxygen atoms in total. The predicted molar refractivity (Wildman–Crippen MR) is 79.6 cm³/mol. The third-order valence-corrected chi connectivity index (χ3v) is 2.76. The fraction of sp³-hybridized carbons (Fsp3) is 0.143. The molecule has 110 valence electrons. The van der Waals surface area contributed by atoms with Gasteiger partial charge in [0, 0.05) is 24.3 Å². The molecule has 1 heterocycles. The Bertz CT molecular complexity index is 646. The van der Waals surface area contributed by atoms with Crippen molar-refractivity contribution in [3.63, 3.8) is 0 Å². The van der Waals surface area contributed by atoms with E-state index in [-0.39, 0.29) is 17.6 Å². The summed E-state index contributed by atoms with van der Waals surface area (Å²) in [6.07, 6.45) is 4.85. The molecule has 1 aromatic heterocycles. The number of halogens is 2. The molecule has 1 aromatic carbocycles. The number of aromatic nitrogens is 2. The van der Waals surface area contributed by atoms with Gasteiger partial charge in [0.2, 0.25) is 0 Å². The minimum absolute atomic E-state index is 0.0382. The number of hydrogen-bond acceptors (Lipinski definition) is 5. The van der Waals surface area contributed by atoms with Crippen LogP contribution in [0.1, 0.15) is 5.56 Å². The average Bonchev–Trinajstić information content (AvgIpc) is 2.48. The number of aryl methyl sites for hydroxylation is 1. The van der Waals surface area contributed by atoms with E-state index in [4.69, 9.17) is 22.1 Å². The monoisotopic (exact) mass is 308 g/mol. The van der Waals surface area contributed by atoms with Gasteiger partial charge in [-0.1, -0.05) is 11.6 Å². The summed E-state index contributed by atoms with van der Waals surface area (Å²) < 4.78 is 18.3. The number of nitrogens with two attached hydrogens (primary N) is 1. The van der Waals surface area contributed by atoms with Crippen LogP contribution >= 0.6 is 11.6 Å². The van der Waals surface area contributed by atoms with Crippen LogP contribution in [0.25, 0.3) is 0 Å². The first-order chi connectivity index (χ1) is 10.0. The first-order valence-corrected chi connectivity index (χ1v) is 6.50. The molecule has 3 N–H and O–H groups in total. The summed E-state index contributed by atoms with van der Waals surface area (Å²) in [7, 11) is 0. The van der Waals surface area contributed by atoms with Crippen LogP contribution in [-0.4, -0.2) is 16.6 Å². The Kier molecular flexibility index (Phi) is 4.94. The molecule has 0 aliphatic carbocycles. The van der Waals surface area contributed by atoms with Crippen molar-refractivity contribution in [1.82, 2.24) is 9.97 Å². The third kappa shape index (κ3) is 4.61. The number of ether oxygens (including phenoxy) is 1. The summed E-state index contributed by atoms with van der Waals surface area (Å²) >= 11 is 5.67. The van der Waals surface area contributed by atoms with Crippen molar-refractivity contribution >= 4 is 17.3 Å². The lowest BCUT2D eigenvalue weighted by molar-refractivity contribution is 0.321. The molecular weight excluding hydrogens is 295 g/mol. The van der Waals surface area contributed by atoms with Crippen molar-refractivity contribution in [3.05, 3.63) is 58.9 Å². The quantitative estimate of drug-likeness (QED) is 0.888. The maximum atomic E-state index is 13.0. The van der Waals surface area contributed by atoms with Crippen molar-refractivity contribution in [1.29, 1.82) is 0 Å². The highest BCUT2D eigenvalue weighted by Crippen LogP contribution is 2.19. The van der Waals surface area contributed by atoms with E-state index in [1.165, 1.54) is 18.3 Å². The first-order valence-electron chi connectivity index (χ1n) is 6.12. The zero-order chi connectivity index (χ0) is 15.2. The third-order valence-electron chi connectivity index (χ3n) is 2.47. The van der Waals surface area contributed by atoms with Crippen molar-refractivity contribution in [2.24, 2.45) is 5.73 Å². The van der Waals surface area contributed by atoms with Crippen molar-refractivity contribution in [2.75, 3.05) is 11.9 Å². The van der Waals surface area contributed by atoms with Gasteiger partial charge in [0.25, 0.3) is 0 Å². The minimum atomic E-state index is -0.473. The summed E-state index contributed by atoms with van der Waals surface area (Å²) in [5.41, 5.74) is 7.77. The van der Waals surface area contributed by atoms with E-state index in [0.717, 1.165) is 5.56 Å². The maximum absolute atomic E-state index is 13.0. The number of anilines is 1. The Morgan fingerprint density at radius 3 is 2.81 bits per heavy atom. The molecular formula is C14H14ClFN4O. The van der Waals surface area contributed by atoms with Gasteiger partial charge in [0.1, 0.15) is 12.4 Å². The van der Waals surface area contributed by atoms with Crippen LogP contribution < -0.4 is 15.8 Å². The molecule has 0 spiro atoms. The Labute approximate surface area is 126 Å².